The number of hydrogen-bond acceptors (Lipinski definition) is 4. The predicted molar refractivity (Wildman–Crippen MR) is 76.1 cm³/mol. The van der Waals surface area contributed by atoms with Crippen molar-refractivity contribution in [3.8, 4) is 5.75 Å². The fourth-order valence-corrected chi connectivity index (χ4v) is 2.96. The van der Waals surface area contributed by atoms with E-state index in [0.717, 1.165) is 24.3 Å². The molecule has 0 radical (unpaired) electrons. The maximum absolute atomic E-state index is 5.80. The smallest absolute Gasteiger partial charge is 0.126 e. The lowest BCUT2D eigenvalue weighted by Gasteiger charge is -2.28. The summed E-state index contributed by atoms with van der Waals surface area (Å²) in [7, 11) is 1.72. The molecule has 0 aromatic heterocycles. The lowest BCUT2D eigenvalue weighted by molar-refractivity contribution is 0.0950. The molecule has 0 saturated carbocycles. The van der Waals surface area contributed by atoms with Crippen molar-refractivity contribution in [3.05, 3.63) is 28.8 Å². The molecule has 1 heterocycles. The van der Waals surface area contributed by atoms with Gasteiger partial charge in [-0.2, -0.15) is 0 Å². The molecular weight excluding hydrogens is 240 g/mol. The van der Waals surface area contributed by atoms with Crippen LogP contribution < -0.4 is 16.0 Å². The zero-order valence-electron chi connectivity index (χ0n) is 12.2. The summed E-state index contributed by atoms with van der Waals surface area (Å²) in [5, 5.41) is 0. The minimum Gasteiger partial charge on any atom is -0.496 e. The van der Waals surface area contributed by atoms with E-state index in [2.05, 4.69) is 38.3 Å². The summed E-state index contributed by atoms with van der Waals surface area (Å²) < 4.78 is 11.3. The summed E-state index contributed by atoms with van der Waals surface area (Å²) in [6, 6.07) is 4.29. The topological polar surface area (TPSA) is 56.5 Å². The van der Waals surface area contributed by atoms with Crippen LogP contribution in [-0.4, -0.2) is 19.8 Å². The van der Waals surface area contributed by atoms with E-state index in [1.54, 1.807) is 7.11 Å². The van der Waals surface area contributed by atoms with Crippen LogP contribution in [0.1, 0.15) is 36.1 Å². The van der Waals surface area contributed by atoms with Gasteiger partial charge >= 0.3 is 0 Å². The van der Waals surface area contributed by atoms with Gasteiger partial charge in [0.2, 0.25) is 0 Å². The molecular formula is C15H24N2O2. The second-order valence-corrected chi connectivity index (χ2v) is 5.30. The molecule has 1 aromatic rings. The first kappa shape index (κ1) is 14.3. The number of hydrogen-bond donors (Lipinski definition) is 2. The Hall–Kier alpha value is -1.10. The molecule has 3 unspecified atom stereocenters. The molecule has 1 aliphatic heterocycles. The number of benzene rings is 1. The number of hydrazine groups is 1. The second-order valence-electron chi connectivity index (χ2n) is 5.30. The fraction of sp³-hybridized carbons (Fsp3) is 0.600. The van der Waals surface area contributed by atoms with Crippen LogP contribution in [0.15, 0.2) is 12.1 Å². The second kappa shape index (κ2) is 5.90. The Morgan fingerprint density at radius 2 is 2.16 bits per heavy atom. The van der Waals surface area contributed by atoms with Crippen LogP contribution in [0.2, 0.25) is 0 Å². The number of aryl methyl sites for hydroxylation is 1. The Labute approximate surface area is 115 Å². The third kappa shape index (κ3) is 2.61. The highest BCUT2D eigenvalue weighted by Crippen LogP contribution is 2.38. The summed E-state index contributed by atoms with van der Waals surface area (Å²) in [6.07, 6.45) is 1.24. The lowest BCUT2D eigenvalue weighted by atomic mass is 9.87. The van der Waals surface area contributed by atoms with Crippen LogP contribution in [-0.2, 0) is 4.74 Å². The van der Waals surface area contributed by atoms with Crippen molar-refractivity contribution in [2.45, 2.75) is 39.3 Å². The van der Waals surface area contributed by atoms with Crippen molar-refractivity contribution in [2.75, 3.05) is 13.7 Å². The lowest BCUT2D eigenvalue weighted by Crippen LogP contribution is -2.36. The Bertz CT molecular complexity index is 448. The van der Waals surface area contributed by atoms with Crippen molar-refractivity contribution in [1.82, 2.24) is 5.43 Å². The average Bonchev–Trinajstić information content (AvgIpc) is 2.81. The normalized spacial score (nSPS) is 24.5. The molecule has 2 rings (SSSR count). The van der Waals surface area contributed by atoms with Gasteiger partial charge in [-0.3, -0.25) is 11.3 Å². The van der Waals surface area contributed by atoms with Crippen LogP contribution in [0.3, 0.4) is 0 Å². The largest absolute Gasteiger partial charge is 0.496 e. The molecule has 1 aliphatic rings. The van der Waals surface area contributed by atoms with E-state index < -0.39 is 0 Å². The first-order chi connectivity index (χ1) is 9.10. The minimum absolute atomic E-state index is 0.0618. The summed E-state index contributed by atoms with van der Waals surface area (Å²) in [6.45, 7) is 7.08. The van der Waals surface area contributed by atoms with Gasteiger partial charge < -0.3 is 9.47 Å². The van der Waals surface area contributed by atoms with Crippen molar-refractivity contribution >= 4 is 0 Å². The number of rotatable bonds is 4. The van der Waals surface area contributed by atoms with Crippen LogP contribution in [0.5, 0.6) is 5.75 Å². The molecule has 3 atom stereocenters. The van der Waals surface area contributed by atoms with E-state index in [9.17, 15) is 0 Å². The standard InChI is InChI=1S/C15H24N2O2/c1-9-5-6-13(15(18-4)10(9)2)14(17-16)12-7-8-19-11(12)3/h5-6,11-12,14,17H,7-8,16H2,1-4H3. The van der Waals surface area contributed by atoms with Gasteiger partial charge in [-0.05, 0) is 38.3 Å². The molecule has 4 nitrogen and oxygen atoms in total. The maximum atomic E-state index is 5.80. The monoisotopic (exact) mass is 264 g/mol. The minimum atomic E-state index is 0.0618. The van der Waals surface area contributed by atoms with Crippen molar-refractivity contribution in [3.63, 3.8) is 0 Å². The molecule has 106 valence electrons. The molecule has 0 bridgehead atoms. The summed E-state index contributed by atoms with van der Waals surface area (Å²) >= 11 is 0. The number of methoxy groups -OCH3 is 1. The Morgan fingerprint density at radius 3 is 2.68 bits per heavy atom. The summed E-state index contributed by atoms with van der Waals surface area (Å²) in [5.41, 5.74) is 6.47. The zero-order valence-corrected chi connectivity index (χ0v) is 12.2. The molecule has 1 saturated heterocycles. The number of nitrogens with one attached hydrogen (secondary N) is 1. The fourth-order valence-electron chi connectivity index (χ4n) is 2.96. The molecule has 19 heavy (non-hydrogen) atoms. The van der Waals surface area contributed by atoms with Crippen molar-refractivity contribution in [2.24, 2.45) is 11.8 Å². The van der Waals surface area contributed by atoms with E-state index in [0.29, 0.717) is 5.92 Å². The molecule has 1 aromatic carbocycles. The Morgan fingerprint density at radius 1 is 1.42 bits per heavy atom. The van der Waals surface area contributed by atoms with Gasteiger partial charge in [0, 0.05) is 18.1 Å². The third-order valence-corrected chi connectivity index (χ3v) is 4.29. The van der Waals surface area contributed by atoms with E-state index >= 15 is 0 Å². The van der Waals surface area contributed by atoms with E-state index in [1.807, 2.05) is 0 Å². The number of nitrogens with two attached hydrogens (primary N) is 1. The molecule has 0 amide bonds. The van der Waals surface area contributed by atoms with Gasteiger partial charge in [-0.15, -0.1) is 0 Å². The van der Waals surface area contributed by atoms with Gasteiger partial charge in [0.05, 0.1) is 19.3 Å². The van der Waals surface area contributed by atoms with Gasteiger partial charge in [0.15, 0.2) is 0 Å². The predicted octanol–water partition coefficient (Wildman–Crippen LogP) is 2.24. The molecule has 4 heteroatoms. The van der Waals surface area contributed by atoms with Gasteiger partial charge in [-0.25, -0.2) is 0 Å². The van der Waals surface area contributed by atoms with Crippen molar-refractivity contribution < 1.29 is 9.47 Å². The van der Waals surface area contributed by atoms with Gasteiger partial charge in [0.1, 0.15) is 5.75 Å². The third-order valence-electron chi connectivity index (χ3n) is 4.29. The Balaban J connectivity index is 2.40. The first-order valence-electron chi connectivity index (χ1n) is 6.82. The highest BCUT2D eigenvalue weighted by Gasteiger charge is 2.34. The van der Waals surface area contributed by atoms with Crippen molar-refractivity contribution in [1.29, 1.82) is 0 Å². The Kier molecular flexibility index (Phi) is 4.45. The van der Waals surface area contributed by atoms with Crippen LogP contribution in [0.25, 0.3) is 0 Å². The van der Waals surface area contributed by atoms with Crippen LogP contribution in [0, 0.1) is 19.8 Å². The average molecular weight is 264 g/mol. The van der Waals surface area contributed by atoms with E-state index in [-0.39, 0.29) is 12.1 Å². The maximum Gasteiger partial charge on any atom is 0.126 e. The first-order valence-corrected chi connectivity index (χ1v) is 6.82. The SMILES string of the molecule is COc1c(C(NN)C2CCOC2C)ccc(C)c1C. The van der Waals surface area contributed by atoms with Gasteiger partial charge in [0.25, 0.3) is 0 Å². The summed E-state index contributed by atoms with van der Waals surface area (Å²) in [5.74, 6) is 7.11. The van der Waals surface area contributed by atoms with Crippen LogP contribution in [0.4, 0.5) is 0 Å². The highest BCUT2D eigenvalue weighted by molar-refractivity contribution is 5.47. The highest BCUT2D eigenvalue weighted by atomic mass is 16.5. The van der Waals surface area contributed by atoms with E-state index in [4.69, 9.17) is 15.3 Å². The number of ether oxygens (including phenoxy) is 2. The molecule has 1 fully saturated rings. The quantitative estimate of drug-likeness (QED) is 0.647. The van der Waals surface area contributed by atoms with E-state index in [1.165, 1.54) is 11.1 Å². The zero-order chi connectivity index (χ0) is 14.0. The summed E-state index contributed by atoms with van der Waals surface area (Å²) in [4.78, 5) is 0. The van der Waals surface area contributed by atoms with Crippen LogP contribution >= 0.6 is 0 Å². The molecule has 0 spiro atoms. The van der Waals surface area contributed by atoms with Gasteiger partial charge in [-0.1, -0.05) is 12.1 Å². The molecule has 3 N–H and O–H groups in total. The molecule has 0 aliphatic carbocycles.